The van der Waals surface area contributed by atoms with Gasteiger partial charge in [-0.15, -0.1) is 10.2 Å². The summed E-state index contributed by atoms with van der Waals surface area (Å²) in [4.78, 5) is 1.67. The largest absolute Gasteiger partial charge is 0.224 e. The Morgan fingerprint density at radius 2 is 1.71 bits per heavy atom. The van der Waals surface area contributed by atoms with Crippen LogP contribution in [0.3, 0.4) is 0 Å². The molecule has 0 amide bonds. The van der Waals surface area contributed by atoms with Gasteiger partial charge in [-0.3, -0.25) is 0 Å². The molecule has 0 spiro atoms. The molecule has 0 aliphatic heterocycles. The number of hydrogen-bond acceptors (Lipinski definition) is 5. The first kappa shape index (κ1) is 16.3. The van der Waals surface area contributed by atoms with Crippen LogP contribution in [0.1, 0.15) is 12.5 Å². The van der Waals surface area contributed by atoms with E-state index < -0.39 is 9.84 Å². The summed E-state index contributed by atoms with van der Waals surface area (Å²) in [6.07, 6.45) is 0. The molecule has 3 rings (SSSR count). The van der Waals surface area contributed by atoms with Crippen LogP contribution in [0.25, 0.3) is 11.4 Å². The second kappa shape index (κ2) is 6.48. The summed E-state index contributed by atoms with van der Waals surface area (Å²) in [5.41, 5.74) is 1.53. The number of tetrazole rings is 1. The molecule has 6 nitrogen and oxygen atoms in total. The van der Waals surface area contributed by atoms with Crippen molar-refractivity contribution < 1.29 is 12.8 Å². The Labute approximate surface area is 138 Å². The van der Waals surface area contributed by atoms with E-state index in [1.807, 2.05) is 0 Å². The summed E-state index contributed by atoms with van der Waals surface area (Å²) in [6.45, 7) is 1.97. The maximum absolute atomic E-state index is 12.9. The van der Waals surface area contributed by atoms with E-state index in [0.717, 1.165) is 5.56 Å². The minimum atomic E-state index is -3.23. The van der Waals surface area contributed by atoms with Crippen molar-refractivity contribution in [2.24, 2.45) is 0 Å². The van der Waals surface area contributed by atoms with Crippen LogP contribution < -0.4 is 0 Å². The fourth-order valence-electron chi connectivity index (χ4n) is 2.16. The molecule has 0 saturated carbocycles. The molecule has 8 heteroatoms. The molecule has 0 saturated heterocycles. The summed E-state index contributed by atoms with van der Waals surface area (Å²) in [5, 5.41) is 12.2. The van der Waals surface area contributed by atoms with Gasteiger partial charge in [-0.25, -0.2) is 12.8 Å². The minimum absolute atomic E-state index is 0.0540. The average Bonchev–Trinajstić information content (AvgIpc) is 3.05. The number of benzene rings is 2. The fourth-order valence-corrected chi connectivity index (χ4v) is 3.04. The van der Waals surface area contributed by atoms with Crippen LogP contribution in [0.4, 0.5) is 4.39 Å². The van der Waals surface area contributed by atoms with Gasteiger partial charge in [0.15, 0.2) is 9.84 Å². The van der Waals surface area contributed by atoms with Gasteiger partial charge in [0, 0.05) is 5.56 Å². The predicted molar refractivity (Wildman–Crippen MR) is 86.5 cm³/mol. The first-order valence-corrected chi connectivity index (χ1v) is 8.98. The maximum Gasteiger partial charge on any atom is 0.204 e. The van der Waals surface area contributed by atoms with Gasteiger partial charge in [0.2, 0.25) is 5.82 Å². The Hall–Kier alpha value is -2.61. The van der Waals surface area contributed by atoms with Crippen molar-refractivity contribution in [3.05, 3.63) is 59.9 Å². The lowest BCUT2D eigenvalue weighted by Gasteiger charge is -2.01. The molecular weight excluding hydrogens is 331 g/mol. The number of nitrogens with zero attached hydrogens (tertiary/aromatic N) is 4. The summed E-state index contributed by atoms with van der Waals surface area (Å²) in [7, 11) is -3.23. The topological polar surface area (TPSA) is 77.7 Å². The van der Waals surface area contributed by atoms with Gasteiger partial charge in [0.1, 0.15) is 5.82 Å². The first-order valence-electron chi connectivity index (χ1n) is 7.33. The molecule has 24 heavy (non-hydrogen) atoms. The van der Waals surface area contributed by atoms with E-state index in [1.54, 1.807) is 31.2 Å². The van der Waals surface area contributed by atoms with Crippen molar-refractivity contribution in [2.75, 3.05) is 5.75 Å². The predicted octanol–water partition coefficient (Wildman–Crippen LogP) is 2.32. The standard InChI is InChI=1S/C16H15FN4O2S/c1-2-24(22,23)15-9-5-13(6-10-15)16-18-20-21(19-16)11-12-3-7-14(17)8-4-12/h3-10H,2,11H2,1H3. The molecule has 1 aromatic heterocycles. The molecule has 0 bridgehead atoms. The van der Waals surface area contributed by atoms with Crippen molar-refractivity contribution in [2.45, 2.75) is 18.4 Å². The monoisotopic (exact) mass is 346 g/mol. The Kier molecular flexibility index (Phi) is 4.39. The van der Waals surface area contributed by atoms with Crippen molar-refractivity contribution in [1.29, 1.82) is 0 Å². The van der Waals surface area contributed by atoms with E-state index in [9.17, 15) is 12.8 Å². The Morgan fingerprint density at radius 1 is 1.04 bits per heavy atom. The quantitative estimate of drug-likeness (QED) is 0.708. The zero-order valence-electron chi connectivity index (χ0n) is 12.9. The molecule has 0 fully saturated rings. The number of sulfone groups is 1. The van der Waals surface area contributed by atoms with Gasteiger partial charge in [-0.1, -0.05) is 19.1 Å². The Balaban J connectivity index is 1.79. The van der Waals surface area contributed by atoms with Gasteiger partial charge in [0.05, 0.1) is 17.2 Å². The van der Waals surface area contributed by atoms with Gasteiger partial charge < -0.3 is 0 Å². The Bertz CT molecular complexity index is 935. The molecule has 0 aliphatic rings. The lowest BCUT2D eigenvalue weighted by Crippen LogP contribution is -2.04. The normalized spacial score (nSPS) is 11.6. The van der Waals surface area contributed by atoms with Crippen molar-refractivity contribution in [3.8, 4) is 11.4 Å². The molecule has 1 heterocycles. The van der Waals surface area contributed by atoms with Gasteiger partial charge >= 0.3 is 0 Å². The lowest BCUT2D eigenvalue weighted by atomic mass is 10.2. The second-order valence-corrected chi connectivity index (χ2v) is 7.48. The Morgan fingerprint density at radius 3 is 2.33 bits per heavy atom. The van der Waals surface area contributed by atoms with Gasteiger partial charge in [-0.2, -0.15) is 4.80 Å². The number of rotatable bonds is 5. The molecule has 0 aliphatic carbocycles. The lowest BCUT2D eigenvalue weighted by molar-refractivity contribution is 0.570. The molecule has 0 radical (unpaired) electrons. The molecule has 3 aromatic rings. The molecule has 2 aromatic carbocycles. The van der Waals surface area contributed by atoms with E-state index in [4.69, 9.17) is 0 Å². The number of aromatic nitrogens is 4. The summed E-state index contributed by atoms with van der Waals surface area (Å²) < 4.78 is 36.5. The van der Waals surface area contributed by atoms with Crippen LogP contribution in [0.15, 0.2) is 53.4 Å². The molecule has 124 valence electrons. The smallest absolute Gasteiger partial charge is 0.204 e. The minimum Gasteiger partial charge on any atom is -0.224 e. The SMILES string of the molecule is CCS(=O)(=O)c1ccc(-c2nnn(Cc3ccc(F)cc3)n2)cc1. The van der Waals surface area contributed by atoms with Crippen molar-refractivity contribution in [3.63, 3.8) is 0 Å². The summed E-state index contributed by atoms with van der Waals surface area (Å²) in [6, 6.07) is 12.4. The van der Waals surface area contributed by atoms with Crippen LogP contribution in [0.2, 0.25) is 0 Å². The van der Waals surface area contributed by atoms with Crippen LogP contribution in [-0.2, 0) is 16.4 Å². The second-order valence-electron chi connectivity index (χ2n) is 5.20. The molecule has 0 N–H and O–H groups in total. The van der Waals surface area contributed by atoms with Crippen LogP contribution >= 0.6 is 0 Å². The third kappa shape index (κ3) is 3.48. The zero-order chi connectivity index (χ0) is 17.2. The van der Waals surface area contributed by atoms with E-state index in [1.165, 1.54) is 29.1 Å². The molecule has 0 unspecified atom stereocenters. The highest BCUT2D eigenvalue weighted by Gasteiger charge is 2.12. The highest BCUT2D eigenvalue weighted by Crippen LogP contribution is 2.18. The summed E-state index contributed by atoms with van der Waals surface area (Å²) >= 11 is 0. The van der Waals surface area contributed by atoms with E-state index >= 15 is 0 Å². The van der Waals surface area contributed by atoms with Crippen molar-refractivity contribution >= 4 is 9.84 Å². The van der Waals surface area contributed by atoms with E-state index in [2.05, 4.69) is 15.4 Å². The van der Waals surface area contributed by atoms with Gasteiger partial charge in [-0.05, 0) is 47.2 Å². The van der Waals surface area contributed by atoms with Gasteiger partial charge in [0.25, 0.3) is 0 Å². The third-order valence-corrected chi connectivity index (χ3v) is 5.29. The van der Waals surface area contributed by atoms with E-state index in [-0.39, 0.29) is 16.5 Å². The van der Waals surface area contributed by atoms with Crippen LogP contribution in [0.5, 0.6) is 0 Å². The number of hydrogen-bond donors (Lipinski definition) is 0. The fraction of sp³-hybridized carbons (Fsp3) is 0.188. The zero-order valence-corrected chi connectivity index (χ0v) is 13.7. The highest BCUT2D eigenvalue weighted by atomic mass is 32.2. The van der Waals surface area contributed by atoms with Crippen molar-refractivity contribution in [1.82, 2.24) is 20.2 Å². The average molecular weight is 346 g/mol. The van der Waals surface area contributed by atoms with Crippen LogP contribution in [0, 0.1) is 5.82 Å². The molecule has 0 atom stereocenters. The van der Waals surface area contributed by atoms with Crippen LogP contribution in [-0.4, -0.2) is 34.4 Å². The number of halogens is 1. The highest BCUT2D eigenvalue weighted by molar-refractivity contribution is 7.91. The maximum atomic E-state index is 12.9. The summed E-state index contributed by atoms with van der Waals surface area (Å²) in [5.74, 6) is 0.156. The first-order chi connectivity index (χ1) is 11.5. The third-order valence-electron chi connectivity index (χ3n) is 3.54. The molecular formula is C16H15FN4O2S. The van der Waals surface area contributed by atoms with E-state index in [0.29, 0.717) is 17.9 Å².